The summed E-state index contributed by atoms with van der Waals surface area (Å²) < 4.78 is 15.8. The highest BCUT2D eigenvalue weighted by atomic mass is 35.5. The third-order valence-electron chi connectivity index (χ3n) is 3.02. The van der Waals surface area contributed by atoms with Crippen molar-refractivity contribution in [1.82, 2.24) is 0 Å². The van der Waals surface area contributed by atoms with Crippen LogP contribution in [-0.2, 0) is 4.74 Å². The molecule has 2 aromatic rings. The van der Waals surface area contributed by atoms with Crippen LogP contribution in [0.25, 0.3) is 0 Å². The molecular weight excluding hydrogens is 332 g/mol. The van der Waals surface area contributed by atoms with Gasteiger partial charge in [0, 0.05) is 5.02 Å². The van der Waals surface area contributed by atoms with Crippen LogP contribution in [-0.4, -0.2) is 25.2 Å². The molecule has 5 nitrogen and oxygen atoms in total. The molecular formula is C18H17ClO5. The van der Waals surface area contributed by atoms with Gasteiger partial charge in [0.1, 0.15) is 0 Å². The largest absolute Gasteiger partial charge is 0.490 e. The number of esters is 2. The van der Waals surface area contributed by atoms with Crippen molar-refractivity contribution < 1.29 is 23.8 Å². The van der Waals surface area contributed by atoms with E-state index in [1.807, 2.05) is 0 Å². The van der Waals surface area contributed by atoms with Crippen molar-refractivity contribution in [3.63, 3.8) is 0 Å². The van der Waals surface area contributed by atoms with E-state index in [9.17, 15) is 9.59 Å². The van der Waals surface area contributed by atoms with E-state index in [4.69, 9.17) is 25.8 Å². The van der Waals surface area contributed by atoms with Crippen molar-refractivity contribution in [2.75, 3.05) is 13.2 Å². The van der Waals surface area contributed by atoms with E-state index in [0.717, 1.165) is 0 Å². The summed E-state index contributed by atoms with van der Waals surface area (Å²) in [7, 11) is 0. The second-order valence-corrected chi connectivity index (χ2v) is 5.15. The highest BCUT2D eigenvalue weighted by Gasteiger charge is 2.16. The summed E-state index contributed by atoms with van der Waals surface area (Å²) in [4.78, 5) is 24.0. The van der Waals surface area contributed by atoms with E-state index in [2.05, 4.69) is 0 Å². The van der Waals surface area contributed by atoms with E-state index in [-0.39, 0.29) is 12.4 Å². The van der Waals surface area contributed by atoms with Crippen LogP contribution in [0, 0.1) is 0 Å². The van der Waals surface area contributed by atoms with E-state index in [0.29, 0.717) is 28.5 Å². The Morgan fingerprint density at radius 3 is 2.33 bits per heavy atom. The van der Waals surface area contributed by atoms with Gasteiger partial charge in [0.25, 0.3) is 0 Å². The molecule has 0 fully saturated rings. The summed E-state index contributed by atoms with van der Waals surface area (Å²) in [5.41, 5.74) is 0.641. The molecule has 0 aliphatic carbocycles. The van der Waals surface area contributed by atoms with Crippen molar-refractivity contribution in [1.29, 1.82) is 0 Å². The first-order chi connectivity index (χ1) is 11.5. The Morgan fingerprint density at radius 2 is 1.67 bits per heavy atom. The van der Waals surface area contributed by atoms with Crippen LogP contribution < -0.4 is 9.47 Å². The zero-order valence-electron chi connectivity index (χ0n) is 13.4. The number of hydrogen-bond donors (Lipinski definition) is 0. The molecule has 0 saturated heterocycles. The maximum atomic E-state index is 12.2. The molecule has 6 heteroatoms. The van der Waals surface area contributed by atoms with Gasteiger partial charge in [0.2, 0.25) is 0 Å². The Balaban J connectivity index is 2.25. The lowest BCUT2D eigenvalue weighted by atomic mass is 10.2. The van der Waals surface area contributed by atoms with Crippen LogP contribution in [0.4, 0.5) is 0 Å². The second kappa shape index (κ2) is 8.36. The highest BCUT2D eigenvalue weighted by Crippen LogP contribution is 2.29. The Morgan fingerprint density at radius 1 is 0.917 bits per heavy atom. The molecule has 0 saturated carbocycles. The van der Waals surface area contributed by atoms with Crippen molar-refractivity contribution in [3.05, 3.63) is 58.6 Å². The lowest BCUT2D eigenvalue weighted by Gasteiger charge is -2.12. The summed E-state index contributed by atoms with van der Waals surface area (Å²) in [5, 5.41) is 0.437. The van der Waals surface area contributed by atoms with Crippen molar-refractivity contribution in [2.45, 2.75) is 13.8 Å². The molecule has 0 atom stereocenters. The topological polar surface area (TPSA) is 61.8 Å². The molecule has 2 aromatic carbocycles. The van der Waals surface area contributed by atoms with Gasteiger partial charge >= 0.3 is 11.9 Å². The fourth-order valence-corrected chi connectivity index (χ4v) is 2.17. The minimum absolute atomic E-state index is 0.217. The standard InChI is InChI=1S/C18H17ClO5/c1-3-22-16-11-13(17(20)23-4-2)8-9-15(16)24-18(21)12-6-5-7-14(19)10-12/h5-11H,3-4H2,1-2H3. The van der Waals surface area contributed by atoms with Crippen molar-refractivity contribution in [2.24, 2.45) is 0 Å². The Labute approximate surface area is 145 Å². The van der Waals surface area contributed by atoms with E-state index >= 15 is 0 Å². The fourth-order valence-electron chi connectivity index (χ4n) is 1.98. The summed E-state index contributed by atoms with van der Waals surface area (Å²) in [5.74, 6) is -0.526. The van der Waals surface area contributed by atoms with Gasteiger partial charge in [0.15, 0.2) is 11.5 Å². The van der Waals surface area contributed by atoms with E-state index < -0.39 is 11.9 Å². The minimum atomic E-state index is -0.567. The number of rotatable bonds is 6. The van der Waals surface area contributed by atoms with Gasteiger partial charge < -0.3 is 14.2 Å². The SMILES string of the molecule is CCOC(=O)c1ccc(OC(=O)c2cccc(Cl)c2)c(OCC)c1. The molecule has 126 valence electrons. The quantitative estimate of drug-likeness (QED) is 0.580. The molecule has 0 N–H and O–H groups in total. The monoisotopic (exact) mass is 348 g/mol. The molecule has 0 radical (unpaired) electrons. The van der Waals surface area contributed by atoms with Crippen molar-refractivity contribution >= 4 is 23.5 Å². The van der Waals surface area contributed by atoms with Gasteiger partial charge in [-0.1, -0.05) is 17.7 Å². The van der Waals surface area contributed by atoms with E-state index in [1.54, 1.807) is 32.0 Å². The number of carbonyl (C=O) groups excluding carboxylic acids is 2. The van der Waals surface area contributed by atoms with Gasteiger partial charge in [-0.3, -0.25) is 0 Å². The van der Waals surface area contributed by atoms with Gasteiger partial charge in [-0.15, -0.1) is 0 Å². The zero-order chi connectivity index (χ0) is 17.5. The molecule has 0 unspecified atom stereocenters. The molecule has 0 spiro atoms. The maximum absolute atomic E-state index is 12.2. The molecule has 0 bridgehead atoms. The summed E-state index contributed by atoms with van der Waals surface area (Å²) >= 11 is 5.87. The van der Waals surface area contributed by atoms with Crippen LogP contribution >= 0.6 is 11.6 Å². The average Bonchev–Trinajstić information content (AvgIpc) is 2.56. The Hall–Kier alpha value is -2.53. The van der Waals surface area contributed by atoms with Crippen LogP contribution in [0.15, 0.2) is 42.5 Å². The van der Waals surface area contributed by atoms with E-state index in [1.165, 1.54) is 24.3 Å². The molecule has 0 aliphatic rings. The van der Waals surface area contributed by atoms with Crippen molar-refractivity contribution in [3.8, 4) is 11.5 Å². The maximum Gasteiger partial charge on any atom is 0.343 e. The molecule has 0 aliphatic heterocycles. The Bertz CT molecular complexity index is 742. The van der Waals surface area contributed by atoms with Crippen LogP contribution in [0.2, 0.25) is 5.02 Å². The first kappa shape index (κ1) is 17.8. The summed E-state index contributed by atoms with van der Waals surface area (Å²) in [6.45, 7) is 4.14. The number of halogens is 1. The molecule has 0 amide bonds. The minimum Gasteiger partial charge on any atom is -0.490 e. The third-order valence-corrected chi connectivity index (χ3v) is 3.25. The van der Waals surface area contributed by atoms with Crippen LogP contribution in [0.5, 0.6) is 11.5 Å². The lowest BCUT2D eigenvalue weighted by molar-refractivity contribution is 0.0526. The highest BCUT2D eigenvalue weighted by molar-refractivity contribution is 6.30. The zero-order valence-corrected chi connectivity index (χ0v) is 14.1. The average molecular weight is 349 g/mol. The normalized spacial score (nSPS) is 10.1. The first-order valence-corrected chi connectivity index (χ1v) is 7.84. The second-order valence-electron chi connectivity index (χ2n) is 4.71. The van der Waals surface area contributed by atoms with Gasteiger partial charge in [0.05, 0.1) is 24.3 Å². The number of carbonyl (C=O) groups is 2. The van der Waals surface area contributed by atoms with Crippen LogP contribution in [0.3, 0.4) is 0 Å². The lowest BCUT2D eigenvalue weighted by Crippen LogP contribution is -2.11. The first-order valence-electron chi connectivity index (χ1n) is 7.46. The summed E-state index contributed by atoms with van der Waals surface area (Å²) in [6, 6.07) is 10.9. The Kier molecular flexibility index (Phi) is 6.21. The fraction of sp³-hybridized carbons (Fsp3) is 0.222. The summed E-state index contributed by atoms with van der Waals surface area (Å²) in [6.07, 6.45) is 0. The smallest absolute Gasteiger partial charge is 0.343 e. The van der Waals surface area contributed by atoms with Crippen LogP contribution in [0.1, 0.15) is 34.6 Å². The van der Waals surface area contributed by atoms with Gasteiger partial charge in [-0.05, 0) is 50.2 Å². The van der Waals surface area contributed by atoms with Gasteiger partial charge in [-0.25, -0.2) is 9.59 Å². The predicted molar refractivity (Wildman–Crippen MR) is 90.0 cm³/mol. The molecule has 0 aromatic heterocycles. The number of ether oxygens (including phenoxy) is 3. The predicted octanol–water partition coefficient (Wildman–Crippen LogP) is 4.13. The van der Waals surface area contributed by atoms with Gasteiger partial charge in [-0.2, -0.15) is 0 Å². The number of benzene rings is 2. The number of hydrogen-bond acceptors (Lipinski definition) is 5. The molecule has 2 rings (SSSR count). The molecule has 0 heterocycles. The molecule has 24 heavy (non-hydrogen) atoms. The third kappa shape index (κ3) is 4.49.